The Kier molecular flexibility index (Phi) is 6.95. The average molecular weight is 527 g/mol. The maximum Gasteiger partial charge on any atom is 0.342 e. The highest BCUT2D eigenvalue weighted by atomic mass is 19.1. The van der Waals surface area contributed by atoms with Crippen molar-refractivity contribution in [2.45, 2.75) is 51.5 Å². The van der Waals surface area contributed by atoms with E-state index in [1.165, 1.54) is 16.8 Å². The Morgan fingerprint density at radius 3 is 2.38 bits per heavy atom. The van der Waals surface area contributed by atoms with Crippen LogP contribution in [0.25, 0.3) is 11.3 Å². The molecule has 0 aliphatic heterocycles. The van der Waals surface area contributed by atoms with Gasteiger partial charge in [0.15, 0.2) is 0 Å². The molecule has 1 fully saturated rings. The number of anilines is 1. The van der Waals surface area contributed by atoms with Crippen LogP contribution in [0.5, 0.6) is 5.75 Å². The van der Waals surface area contributed by atoms with Crippen LogP contribution in [-0.2, 0) is 12.0 Å². The van der Waals surface area contributed by atoms with E-state index in [0.717, 1.165) is 24.1 Å². The Hall–Kier alpha value is -4.46. The lowest BCUT2D eigenvalue weighted by Crippen LogP contribution is -2.30. The van der Waals surface area contributed by atoms with Crippen molar-refractivity contribution in [2.75, 3.05) is 5.32 Å². The number of phenolic OH excluding ortho intramolecular Hbond substituents is 1. The van der Waals surface area contributed by atoms with Crippen LogP contribution in [0.15, 0.2) is 72.8 Å². The number of rotatable bonds is 6. The fourth-order valence-corrected chi connectivity index (χ4v) is 4.40. The number of halogens is 1. The maximum atomic E-state index is 14.0. The van der Waals surface area contributed by atoms with Crippen LogP contribution < -0.4 is 10.6 Å². The molecule has 1 saturated carbocycles. The Bertz CT molecular complexity index is 1530. The number of hydrogen-bond acceptors (Lipinski definition) is 4. The molecule has 200 valence electrons. The van der Waals surface area contributed by atoms with E-state index < -0.39 is 6.03 Å². The zero-order valence-corrected chi connectivity index (χ0v) is 22.2. The Morgan fingerprint density at radius 2 is 1.74 bits per heavy atom. The van der Waals surface area contributed by atoms with Gasteiger partial charge in [-0.3, -0.25) is 4.79 Å². The fourth-order valence-electron chi connectivity index (χ4n) is 4.40. The van der Waals surface area contributed by atoms with Gasteiger partial charge in [-0.1, -0.05) is 51.1 Å². The van der Waals surface area contributed by atoms with E-state index in [9.17, 15) is 19.1 Å². The van der Waals surface area contributed by atoms with E-state index in [1.54, 1.807) is 48.5 Å². The van der Waals surface area contributed by atoms with Crippen LogP contribution in [0.3, 0.4) is 0 Å². The smallest absolute Gasteiger partial charge is 0.342 e. The molecular formula is C31H31FN4O3. The number of hydrogen-bond donors (Lipinski definition) is 3. The summed E-state index contributed by atoms with van der Waals surface area (Å²) < 4.78 is 15.3. The zero-order chi connectivity index (χ0) is 27.7. The second-order valence-electron chi connectivity index (χ2n) is 10.9. The van der Waals surface area contributed by atoms with Gasteiger partial charge in [-0.2, -0.15) is 9.78 Å². The second-order valence-corrected chi connectivity index (χ2v) is 10.9. The minimum atomic E-state index is -0.466. The molecule has 8 heteroatoms. The van der Waals surface area contributed by atoms with E-state index in [0.29, 0.717) is 28.1 Å². The summed E-state index contributed by atoms with van der Waals surface area (Å²) in [5, 5.41) is 20.8. The number of phenols is 1. The standard InChI is InChI=1S/C31H31FN4O3/c1-31(2,3)22-12-10-20(11-13-22)29(38)34-23-14-15-24(28(37)16-23)26-17-27(19-8-9-19)36(35-26)30(39)33-18-21-6-4-5-7-25(21)32/h4-7,10-17,19,37H,8-9,18H2,1-3H3,(H,33,39)(H,34,38). The van der Waals surface area contributed by atoms with Crippen molar-refractivity contribution >= 4 is 17.6 Å². The number of nitrogens with zero attached hydrogens (tertiary/aromatic N) is 2. The third kappa shape index (κ3) is 5.85. The molecule has 5 rings (SSSR count). The number of benzene rings is 3. The largest absolute Gasteiger partial charge is 0.507 e. The molecule has 0 unspecified atom stereocenters. The molecule has 1 heterocycles. The van der Waals surface area contributed by atoms with Gasteiger partial charge < -0.3 is 15.7 Å². The minimum absolute atomic E-state index is 0.0104. The van der Waals surface area contributed by atoms with E-state index in [4.69, 9.17) is 0 Å². The van der Waals surface area contributed by atoms with Gasteiger partial charge >= 0.3 is 6.03 Å². The van der Waals surface area contributed by atoms with Crippen molar-refractivity contribution in [3.63, 3.8) is 0 Å². The summed E-state index contributed by atoms with van der Waals surface area (Å²) in [6.45, 7) is 6.37. The molecule has 3 aromatic carbocycles. The van der Waals surface area contributed by atoms with Gasteiger partial charge in [0.05, 0.1) is 11.4 Å². The number of carbonyl (C=O) groups is 2. The van der Waals surface area contributed by atoms with Gasteiger partial charge in [0, 0.05) is 40.9 Å². The topological polar surface area (TPSA) is 96.3 Å². The van der Waals surface area contributed by atoms with Gasteiger partial charge in [-0.25, -0.2) is 9.18 Å². The van der Waals surface area contributed by atoms with Crippen LogP contribution in [-0.4, -0.2) is 26.8 Å². The molecule has 4 aromatic rings. The highest BCUT2D eigenvalue weighted by Crippen LogP contribution is 2.42. The molecule has 39 heavy (non-hydrogen) atoms. The van der Waals surface area contributed by atoms with Crippen molar-refractivity contribution < 1.29 is 19.1 Å². The molecule has 0 saturated heterocycles. The molecule has 7 nitrogen and oxygen atoms in total. The van der Waals surface area contributed by atoms with Gasteiger partial charge in [0.2, 0.25) is 0 Å². The summed E-state index contributed by atoms with van der Waals surface area (Å²) in [5.74, 6) is -0.541. The SMILES string of the molecule is CC(C)(C)c1ccc(C(=O)Nc2ccc(-c3cc(C4CC4)n(C(=O)NCc4ccccc4F)n3)c(O)c2)cc1. The summed E-state index contributed by atoms with van der Waals surface area (Å²) in [4.78, 5) is 25.7. The van der Waals surface area contributed by atoms with Crippen molar-refractivity contribution in [1.29, 1.82) is 0 Å². The lowest BCUT2D eigenvalue weighted by molar-refractivity contribution is 0.102. The highest BCUT2D eigenvalue weighted by Gasteiger charge is 2.31. The summed E-state index contributed by atoms with van der Waals surface area (Å²) in [7, 11) is 0. The average Bonchev–Trinajstić information content (AvgIpc) is 3.66. The molecule has 1 aromatic heterocycles. The first-order valence-corrected chi connectivity index (χ1v) is 13.0. The Morgan fingerprint density at radius 1 is 1.03 bits per heavy atom. The number of aromatic nitrogens is 2. The van der Waals surface area contributed by atoms with Crippen molar-refractivity contribution in [3.8, 4) is 17.0 Å². The Balaban J connectivity index is 1.32. The van der Waals surface area contributed by atoms with E-state index in [1.807, 2.05) is 12.1 Å². The van der Waals surface area contributed by atoms with Gasteiger partial charge in [-0.05, 0) is 60.2 Å². The quantitative estimate of drug-likeness (QED) is 0.264. The summed E-state index contributed by atoms with van der Waals surface area (Å²) >= 11 is 0. The van der Waals surface area contributed by atoms with E-state index >= 15 is 0 Å². The van der Waals surface area contributed by atoms with Crippen LogP contribution in [0.2, 0.25) is 0 Å². The molecule has 0 spiro atoms. The highest BCUT2D eigenvalue weighted by molar-refractivity contribution is 6.04. The van der Waals surface area contributed by atoms with Gasteiger partial charge in [0.25, 0.3) is 5.91 Å². The van der Waals surface area contributed by atoms with E-state index in [2.05, 4.69) is 36.5 Å². The Labute approximate surface area is 226 Å². The maximum absolute atomic E-state index is 14.0. The molecule has 3 N–H and O–H groups in total. The molecular weight excluding hydrogens is 495 g/mol. The molecule has 2 amide bonds. The van der Waals surface area contributed by atoms with Crippen LogP contribution in [0.1, 0.15) is 66.7 Å². The third-order valence-electron chi connectivity index (χ3n) is 6.86. The van der Waals surface area contributed by atoms with Crippen molar-refractivity contribution in [1.82, 2.24) is 15.1 Å². The van der Waals surface area contributed by atoms with Crippen LogP contribution >= 0.6 is 0 Å². The first-order chi connectivity index (χ1) is 18.6. The minimum Gasteiger partial charge on any atom is -0.507 e. The molecule has 0 bridgehead atoms. The van der Waals surface area contributed by atoms with Gasteiger partial charge in [0.1, 0.15) is 11.6 Å². The predicted octanol–water partition coefficient (Wildman–Crippen LogP) is 6.58. The number of carbonyl (C=O) groups excluding carboxylic acids is 2. The number of amides is 2. The first-order valence-electron chi connectivity index (χ1n) is 13.0. The summed E-state index contributed by atoms with van der Waals surface area (Å²) in [6, 6.07) is 19.9. The fraction of sp³-hybridized carbons (Fsp3) is 0.258. The van der Waals surface area contributed by atoms with Crippen molar-refractivity contribution in [2.24, 2.45) is 0 Å². The second kappa shape index (κ2) is 10.4. The molecule has 0 atom stereocenters. The van der Waals surface area contributed by atoms with Crippen molar-refractivity contribution in [3.05, 3.63) is 101 Å². The lowest BCUT2D eigenvalue weighted by atomic mass is 9.87. The first kappa shape index (κ1) is 26.2. The molecule has 1 aliphatic rings. The molecule has 0 radical (unpaired) electrons. The molecule has 1 aliphatic carbocycles. The number of nitrogens with one attached hydrogen (secondary N) is 2. The van der Waals surface area contributed by atoms with E-state index in [-0.39, 0.29) is 35.4 Å². The van der Waals surface area contributed by atoms with Crippen LogP contribution in [0.4, 0.5) is 14.9 Å². The van der Waals surface area contributed by atoms with Gasteiger partial charge in [-0.15, -0.1) is 0 Å². The monoisotopic (exact) mass is 526 g/mol. The third-order valence-corrected chi connectivity index (χ3v) is 6.86. The predicted molar refractivity (Wildman–Crippen MR) is 148 cm³/mol. The van der Waals surface area contributed by atoms with Crippen LogP contribution in [0, 0.1) is 5.82 Å². The number of aromatic hydroxyl groups is 1. The summed E-state index contributed by atoms with van der Waals surface area (Å²) in [5.41, 5.74) is 4.07. The summed E-state index contributed by atoms with van der Waals surface area (Å²) in [6.07, 6.45) is 1.89. The lowest BCUT2D eigenvalue weighted by Gasteiger charge is -2.19. The normalized spacial score (nSPS) is 13.2. The zero-order valence-electron chi connectivity index (χ0n) is 22.2.